The molecule has 0 aromatic heterocycles. The fourth-order valence-corrected chi connectivity index (χ4v) is 1.05. The van der Waals surface area contributed by atoms with E-state index in [1.54, 1.807) is 0 Å². The van der Waals surface area contributed by atoms with Gasteiger partial charge in [-0.2, -0.15) is 0 Å². The number of carbonyl (C=O) groups excluding carboxylic acids is 1. The number of carbonyl (C=O) groups is 1. The average Bonchev–Trinajstić information content (AvgIpc) is 2.01. The third kappa shape index (κ3) is 2.18. The lowest BCUT2D eigenvalue weighted by Crippen LogP contribution is -2.08. The topological polar surface area (TPSA) is 38.3 Å². The van der Waals surface area contributed by atoms with Gasteiger partial charge in [-0.15, -0.1) is 0 Å². The predicted octanol–water partition coefficient (Wildman–Crippen LogP) is 1.93. The highest BCUT2D eigenvalue weighted by Gasteiger charge is 2.12. The van der Waals surface area contributed by atoms with Crippen LogP contribution in [-0.2, 0) is 4.79 Å². The van der Waals surface area contributed by atoms with Crippen molar-refractivity contribution in [2.24, 2.45) is 0 Å². The minimum Gasteiger partial charge on any atom is -0.492 e. The molecule has 0 unspecified atom stereocenters. The van der Waals surface area contributed by atoms with E-state index < -0.39 is 17.5 Å². The molecule has 5 heteroatoms. The molecule has 0 spiro atoms. The largest absolute Gasteiger partial charge is 0.492 e. The van der Waals surface area contributed by atoms with Crippen LogP contribution in [0.4, 0.5) is 14.5 Å². The first-order chi connectivity index (χ1) is 6.54. The molecule has 0 saturated heterocycles. The summed E-state index contributed by atoms with van der Waals surface area (Å²) in [6.45, 7) is 1.24. The number of hydrogen-bond acceptors (Lipinski definition) is 2. The first-order valence-corrected chi connectivity index (χ1v) is 3.85. The number of anilines is 1. The minimum atomic E-state index is -0.851. The Labute approximate surface area is 79.7 Å². The van der Waals surface area contributed by atoms with Crippen LogP contribution in [-0.4, -0.2) is 13.0 Å². The molecule has 1 N–H and O–H groups in total. The van der Waals surface area contributed by atoms with Gasteiger partial charge in [-0.3, -0.25) is 4.79 Å². The lowest BCUT2D eigenvalue weighted by atomic mass is 10.2. The van der Waals surface area contributed by atoms with Gasteiger partial charge in [0.15, 0.2) is 11.6 Å². The van der Waals surface area contributed by atoms with Crippen molar-refractivity contribution >= 4 is 11.6 Å². The van der Waals surface area contributed by atoms with Gasteiger partial charge in [-0.25, -0.2) is 8.78 Å². The van der Waals surface area contributed by atoms with Crippen LogP contribution in [0.2, 0.25) is 0 Å². The predicted molar refractivity (Wildman–Crippen MR) is 47.2 cm³/mol. The summed E-state index contributed by atoms with van der Waals surface area (Å²) < 4.78 is 30.5. The zero-order valence-corrected chi connectivity index (χ0v) is 7.73. The lowest BCUT2D eigenvalue weighted by molar-refractivity contribution is -0.114. The molecule has 0 atom stereocenters. The second kappa shape index (κ2) is 4.04. The first-order valence-electron chi connectivity index (χ1n) is 3.85. The number of methoxy groups -OCH3 is 1. The zero-order valence-electron chi connectivity index (χ0n) is 7.73. The van der Waals surface area contributed by atoms with Crippen molar-refractivity contribution in [3.05, 3.63) is 23.8 Å². The first kappa shape index (κ1) is 10.4. The Kier molecular flexibility index (Phi) is 3.01. The molecule has 14 heavy (non-hydrogen) atoms. The van der Waals surface area contributed by atoms with Gasteiger partial charge in [0.25, 0.3) is 0 Å². The number of rotatable bonds is 2. The Balaban J connectivity index is 3.17. The van der Waals surface area contributed by atoms with Crippen LogP contribution in [0.15, 0.2) is 12.1 Å². The number of nitrogens with one attached hydrogen (secondary N) is 1. The molecular formula is C9H9F2NO2. The number of amides is 1. The van der Waals surface area contributed by atoms with Crippen LogP contribution in [0.3, 0.4) is 0 Å². The molecule has 0 aliphatic carbocycles. The normalized spacial score (nSPS) is 9.71. The fraction of sp³-hybridized carbons (Fsp3) is 0.222. The second-order valence-electron chi connectivity index (χ2n) is 2.65. The third-order valence-corrected chi connectivity index (χ3v) is 1.52. The summed E-state index contributed by atoms with van der Waals surface area (Å²) in [5.41, 5.74) is -0.0162. The van der Waals surface area contributed by atoms with Crippen molar-refractivity contribution in [2.45, 2.75) is 6.92 Å². The van der Waals surface area contributed by atoms with E-state index in [9.17, 15) is 13.6 Å². The Morgan fingerprint density at radius 3 is 2.57 bits per heavy atom. The van der Waals surface area contributed by atoms with E-state index in [1.165, 1.54) is 14.0 Å². The molecule has 0 aliphatic rings. The SMILES string of the molecule is COc1c(F)cc(F)cc1NC(C)=O. The van der Waals surface area contributed by atoms with Crippen LogP contribution >= 0.6 is 0 Å². The van der Waals surface area contributed by atoms with Gasteiger partial charge in [-0.05, 0) is 0 Å². The maximum atomic E-state index is 13.0. The van der Waals surface area contributed by atoms with E-state index in [2.05, 4.69) is 10.1 Å². The van der Waals surface area contributed by atoms with Crippen molar-refractivity contribution in [3.63, 3.8) is 0 Å². The van der Waals surface area contributed by atoms with Gasteiger partial charge >= 0.3 is 0 Å². The Hall–Kier alpha value is -1.65. The minimum absolute atomic E-state index is 0.0162. The Bertz CT molecular complexity index is 366. The molecule has 0 heterocycles. The summed E-state index contributed by atoms with van der Waals surface area (Å²) in [7, 11) is 1.24. The average molecular weight is 201 g/mol. The molecule has 0 saturated carbocycles. The molecule has 76 valence electrons. The van der Waals surface area contributed by atoms with E-state index in [4.69, 9.17) is 0 Å². The fourth-order valence-electron chi connectivity index (χ4n) is 1.05. The summed E-state index contributed by atoms with van der Waals surface area (Å²) in [5.74, 6) is -2.22. The van der Waals surface area contributed by atoms with Gasteiger partial charge < -0.3 is 10.1 Å². The molecule has 1 rings (SSSR count). The number of hydrogen-bond donors (Lipinski definition) is 1. The monoisotopic (exact) mass is 201 g/mol. The van der Waals surface area contributed by atoms with Crippen molar-refractivity contribution < 1.29 is 18.3 Å². The highest BCUT2D eigenvalue weighted by molar-refractivity contribution is 5.90. The van der Waals surface area contributed by atoms with Crippen LogP contribution < -0.4 is 10.1 Å². The van der Waals surface area contributed by atoms with Gasteiger partial charge in [0.1, 0.15) is 5.82 Å². The van der Waals surface area contributed by atoms with Crippen molar-refractivity contribution in [3.8, 4) is 5.75 Å². The molecular weight excluding hydrogens is 192 g/mol. The quantitative estimate of drug-likeness (QED) is 0.793. The van der Waals surface area contributed by atoms with Gasteiger partial charge in [0.2, 0.25) is 5.91 Å². The number of ether oxygens (including phenoxy) is 1. The maximum absolute atomic E-state index is 13.0. The number of benzene rings is 1. The van der Waals surface area contributed by atoms with Crippen LogP contribution in [0.1, 0.15) is 6.92 Å². The summed E-state index contributed by atoms with van der Waals surface area (Å²) >= 11 is 0. The highest BCUT2D eigenvalue weighted by atomic mass is 19.1. The Morgan fingerprint density at radius 2 is 2.07 bits per heavy atom. The molecule has 0 fully saturated rings. The molecule has 1 aromatic rings. The van der Waals surface area contributed by atoms with E-state index >= 15 is 0 Å². The standard InChI is InChI=1S/C9H9F2NO2/c1-5(13)12-8-4-6(10)3-7(11)9(8)14-2/h3-4H,1-2H3,(H,12,13). The molecule has 1 amide bonds. The van der Waals surface area contributed by atoms with E-state index in [0.717, 1.165) is 6.07 Å². The van der Waals surface area contributed by atoms with Crippen LogP contribution in [0, 0.1) is 11.6 Å². The van der Waals surface area contributed by atoms with Crippen LogP contribution in [0.5, 0.6) is 5.75 Å². The summed E-state index contributed by atoms with van der Waals surface area (Å²) in [6.07, 6.45) is 0. The van der Waals surface area contributed by atoms with Crippen molar-refractivity contribution in [1.82, 2.24) is 0 Å². The van der Waals surface area contributed by atoms with Crippen molar-refractivity contribution in [1.29, 1.82) is 0 Å². The second-order valence-corrected chi connectivity index (χ2v) is 2.65. The summed E-state index contributed by atoms with van der Waals surface area (Å²) in [6, 6.07) is 1.67. The third-order valence-electron chi connectivity index (χ3n) is 1.52. The van der Waals surface area contributed by atoms with E-state index in [1.807, 2.05) is 0 Å². The van der Waals surface area contributed by atoms with Gasteiger partial charge in [0, 0.05) is 19.1 Å². The summed E-state index contributed by atoms with van der Waals surface area (Å²) in [4.78, 5) is 10.7. The van der Waals surface area contributed by atoms with Gasteiger partial charge in [0.05, 0.1) is 12.8 Å². The molecule has 0 radical (unpaired) electrons. The lowest BCUT2D eigenvalue weighted by Gasteiger charge is -2.09. The maximum Gasteiger partial charge on any atom is 0.221 e. The molecule has 1 aromatic carbocycles. The molecule has 3 nitrogen and oxygen atoms in total. The number of halogens is 2. The van der Waals surface area contributed by atoms with Crippen molar-refractivity contribution in [2.75, 3.05) is 12.4 Å². The van der Waals surface area contributed by atoms with Crippen LogP contribution in [0.25, 0.3) is 0 Å². The Morgan fingerprint density at radius 1 is 1.43 bits per heavy atom. The van der Waals surface area contributed by atoms with E-state index in [-0.39, 0.29) is 11.4 Å². The van der Waals surface area contributed by atoms with E-state index in [0.29, 0.717) is 6.07 Å². The summed E-state index contributed by atoms with van der Waals surface area (Å²) in [5, 5.41) is 2.26. The smallest absolute Gasteiger partial charge is 0.221 e. The highest BCUT2D eigenvalue weighted by Crippen LogP contribution is 2.28. The molecule has 0 aliphatic heterocycles. The van der Waals surface area contributed by atoms with Gasteiger partial charge in [-0.1, -0.05) is 0 Å². The zero-order chi connectivity index (χ0) is 10.7. The molecule has 0 bridgehead atoms.